The SMILES string of the molecule is C/C(=C\NC(=O)Nc1cccc2cccnc12)C1CCCC1. The Morgan fingerprint density at radius 2 is 2.00 bits per heavy atom. The van der Waals surface area contributed by atoms with Crippen LogP contribution in [0.2, 0.25) is 0 Å². The molecule has 0 unspecified atom stereocenters. The number of nitrogens with zero attached hydrogens (tertiary/aromatic N) is 1. The Balaban J connectivity index is 1.67. The van der Waals surface area contributed by atoms with Gasteiger partial charge in [-0.1, -0.05) is 36.6 Å². The van der Waals surface area contributed by atoms with Gasteiger partial charge < -0.3 is 10.6 Å². The summed E-state index contributed by atoms with van der Waals surface area (Å²) in [6.45, 7) is 2.09. The molecule has 0 radical (unpaired) electrons. The first-order valence-electron chi connectivity index (χ1n) is 7.82. The standard InChI is InChI=1S/C18H21N3O/c1-13(14-6-2-3-7-14)12-20-18(22)21-16-10-4-8-15-9-5-11-19-17(15)16/h4-5,8-12,14H,2-3,6-7H2,1H3,(H2,20,21,22)/b13-12+. The molecule has 114 valence electrons. The molecule has 0 atom stereocenters. The van der Waals surface area contributed by atoms with Gasteiger partial charge in [0.05, 0.1) is 11.2 Å². The average molecular weight is 295 g/mol. The highest BCUT2D eigenvalue weighted by Gasteiger charge is 2.16. The van der Waals surface area contributed by atoms with Crippen LogP contribution in [0.25, 0.3) is 10.9 Å². The first-order chi connectivity index (χ1) is 10.7. The van der Waals surface area contributed by atoms with E-state index in [0.29, 0.717) is 5.92 Å². The van der Waals surface area contributed by atoms with Crippen molar-refractivity contribution < 1.29 is 4.79 Å². The van der Waals surface area contributed by atoms with Gasteiger partial charge in [-0.15, -0.1) is 0 Å². The molecule has 0 aliphatic heterocycles. The van der Waals surface area contributed by atoms with Crippen LogP contribution in [0.15, 0.2) is 48.3 Å². The molecule has 22 heavy (non-hydrogen) atoms. The van der Waals surface area contributed by atoms with E-state index >= 15 is 0 Å². The third-order valence-electron chi connectivity index (χ3n) is 4.31. The van der Waals surface area contributed by atoms with Crippen molar-refractivity contribution in [2.24, 2.45) is 5.92 Å². The van der Waals surface area contributed by atoms with Crippen LogP contribution in [0, 0.1) is 5.92 Å². The number of hydrogen-bond donors (Lipinski definition) is 2. The molecule has 4 heteroatoms. The van der Waals surface area contributed by atoms with Gasteiger partial charge in [-0.05, 0) is 37.8 Å². The summed E-state index contributed by atoms with van der Waals surface area (Å²) in [5.41, 5.74) is 2.78. The zero-order valence-corrected chi connectivity index (χ0v) is 12.8. The molecule has 2 amide bonds. The second-order valence-corrected chi connectivity index (χ2v) is 5.85. The molecule has 3 rings (SSSR count). The third kappa shape index (κ3) is 3.27. The molecule has 0 spiro atoms. The van der Waals surface area contributed by atoms with Gasteiger partial charge in [0.2, 0.25) is 0 Å². The van der Waals surface area contributed by atoms with Crippen LogP contribution >= 0.6 is 0 Å². The van der Waals surface area contributed by atoms with Gasteiger partial charge in [0.1, 0.15) is 0 Å². The number of aromatic nitrogens is 1. The fourth-order valence-electron chi connectivity index (χ4n) is 3.04. The predicted octanol–water partition coefficient (Wildman–Crippen LogP) is 4.45. The smallest absolute Gasteiger partial charge is 0.314 e. The number of nitrogens with one attached hydrogen (secondary N) is 2. The lowest BCUT2D eigenvalue weighted by molar-refractivity contribution is 0.255. The van der Waals surface area contributed by atoms with Crippen molar-refractivity contribution in [1.29, 1.82) is 0 Å². The van der Waals surface area contributed by atoms with Crippen molar-refractivity contribution in [1.82, 2.24) is 10.3 Å². The van der Waals surface area contributed by atoms with Gasteiger partial charge >= 0.3 is 6.03 Å². The average Bonchev–Trinajstić information content (AvgIpc) is 3.07. The van der Waals surface area contributed by atoms with Crippen molar-refractivity contribution in [2.45, 2.75) is 32.6 Å². The maximum atomic E-state index is 12.1. The van der Waals surface area contributed by atoms with Gasteiger partial charge in [-0.2, -0.15) is 0 Å². The number of urea groups is 1. The highest BCUT2D eigenvalue weighted by Crippen LogP contribution is 2.30. The highest BCUT2D eigenvalue weighted by molar-refractivity contribution is 5.99. The molecule has 1 saturated carbocycles. The summed E-state index contributed by atoms with van der Waals surface area (Å²) in [4.78, 5) is 16.4. The number of hydrogen-bond acceptors (Lipinski definition) is 2. The summed E-state index contributed by atoms with van der Waals surface area (Å²) in [6.07, 6.45) is 8.63. The molecule has 1 fully saturated rings. The van der Waals surface area contributed by atoms with Crippen molar-refractivity contribution in [2.75, 3.05) is 5.32 Å². The van der Waals surface area contributed by atoms with Crippen molar-refractivity contribution in [3.05, 3.63) is 48.3 Å². The summed E-state index contributed by atoms with van der Waals surface area (Å²) < 4.78 is 0. The van der Waals surface area contributed by atoms with Crippen molar-refractivity contribution in [3.63, 3.8) is 0 Å². The van der Waals surface area contributed by atoms with Gasteiger partial charge in [0, 0.05) is 17.8 Å². The summed E-state index contributed by atoms with van der Waals surface area (Å²) in [5, 5.41) is 6.72. The Hall–Kier alpha value is -2.36. The van der Waals surface area contributed by atoms with Gasteiger partial charge in [-0.3, -0.25) is 4.98 Å². The number of benzene rings is 1. The second kappa shape index (κ2) is 6.60. The molecule has 2 aromatic rings. The van der Waals surface area contributed by atoms with Crippen LogP contribution in [0.3, 0.4) is 0 Å². The number of amides is 2. The predicted molar refractivity (Wildman–Crippen MR) is 89.6 cm³/mol. The first kappa shape index (κ1) is 14.6. The number of carbonyl (C=O) groups is 1. The van der Waals surface area contributed by atoms with E-state index in [-0.39, 0.29) is 6.03 Å². The molecule has 1 aromatic heterocycles. The minimum Gasteiger partial charge on any atom is -0.314 e. The molecule has 2 N–H and O–H groups in total. The quantitative estimate of drug-likeness (QED) is 0.879. The lowest BCUT2D eigenvalue weighted by Crippen LogP contribution is -2.24. The molecular formula is C18H21N3O. The molecule has 4 nitrogen and oxygen atoms in total. The fraction of sp³-hybridized carbons (Fsp3) is 0.333. The zero-order chi connectivity index (χ0) is 15.4. The number of para-hydroxylation sites is 1. The molecule has 1 aromatic carbocycles. The van der Waals surface area contributed by atoms with Gasteiger partial charge in [0.25, 0.3) is 0 Å². The Morgan fingerprint density at radius 3 is 2.82 bits per heavy atom. The Bertz CT molecular complexity index is 697. The maximum Gasteiger partial charge on any atom is 0.323 e. The maximum absolute atomic E-state index is 12.1. The fourth-order valence-corrected chi connectivity index (χ4v) is 3.04. The Labute approximate surface area is 130 Å². The summed E-state index contributed by atoms with van der Waals surface area (Å²) in [6, 6.07) is 9.41. The van der Waals surface area contributed by atoms with Crippen LogP contribution in [0.5, 0.6) is 0 Å². The van der Waals surface area contributed by atoms with E-state index in [9.17, 15) is 4.79 Å². The van der Waals surface area contributed by atoms with Crippen LogP contribution < -0.4 is 10.6 Å². The van der Waals surface area contributed by atoms with Gasteiger partial charge in [0.15, 0.2) is 0 Å². The van der Waals surface area contributed by atoms with E-state index < -0.39 is 0 Å². The van der Waals surface area contributed by atoms with Crippen LogP contribution in [-0.4, -0.2) is 11.0 Å². The lowest BCUT2D eigenvalue weighted by atomic mass is 10.0. The molecule has 1 aliphatic carbocycles. The van der Waals surface area contributed by atoms with Crippen molar-refractivity contribution in [3.8, 4) is 0 Å². The summed E-state index contributed by atoms with van der Waals surface area (Å²) in [7, 11) is 0. The number of pyridine rings is 1. The van der Waals surface area contributed by atoms with E-state index in [1.807, 2.05) is 36.5 Å². The Kier molecular flexibility index (Phi) is 4.37. The number of fused-ring (bicyclic) bond motifs is 1. The summed E-state index contributed by atoms with van der Waals surface area (Å²) in [5.74, 6) is 0.625. The lowest BCUT2D eigenvalue weighted by Gasteiger charge is -2.11. The monoisotopic (exact) mass is 295 g/mol. The molecule has 1 heterocycles. The zero-order valence-electron chi connectivity index (χ0n) is 12.8. The molecular weight excluding hydrogens is 274 g/mol. The van der Waals surface area contributed by atoms with Gasteiger partial charge in [-0.25, -0.2) is 4.79 Å². The highest BCUT2D eigenvalue weighted by atomic mass is 16.2. The minimum atomic E-state index is -0.226. The van der Waals surface area contributed by atoms with Crippen LogP contribution in [0.1, 0.15) is 32.6 Å². The number of anilines is 1. The van der Waals surface area contributed by atoms with E-state index in [2.05, 4.69) is 22.5 Å². The van der Waals surface area contributed by atoms with E-state index in [1.165, 1.54) is 31.3 Å². The number of allylic oxidation sites excluding steroid dienone is 1. The van der Waals surface area contributed by atoms with Crippen LogP contribution in [-0.2, 0) is 0 Å². The van der Waals surface area contributed by atoms with E-state index in [1.54, 1.807) is 6.20 Å². The topological polar surface area (TPSA) is 54.0 Å². The second-order valence-electron chi connectivity index (χ2n) is 5.85. The number of rotatable bonds is 3. The third-order valence-corrected chi connectivity index (χ3v) is 4.31. The van der Waals surface area contributed by atoms with Crippen molar-refractivity contribution >= 4 is 22.6 Å². The summed E-state index contributed by atoms with van der Waals surface area (Å²) >= 11 is 0. The molecule has 0 bridgehead atoms. The minimum absolute atomic E-state index is 0.226. The number of carbonyl (C=O) groups excluding carboxylic acids is 1. The van der Waals surface area contributed by atoms with E-state index in [0.717, 1.165) is 16.6 Å². The Morgan fingerprint density at radius 1 is 1.23 bits per heavy atom. The largest absolute Gasteiger partial charge is 0.323 e. The molecule has 1 aliphatic rings. The van der Waals surface area contributed by atoms with E-state index in [4.69, 9.17) is 0 Å². The first-order valence-corrected chi connectivity index (χ1v) is 7.82. The normalized spacial score (nSPS) is 16.0. The van der Waals surface area contributed by atoms with Crippen LogP contribution in [0.4, 0.5) is 10.5 Å². The molecule has 0 saturated heterocycles.